The van der Waals surface area contributed by atoms with Gasteiger partial charge in [0.05, 0.1) is 6.10 Å². The van der Waals surface area contributed by atoms with Crippen LogP contribution >= 0.6 is 0 Å². The minimum Gasteiger partial charge on any atom is -0.444 e. The summed E-state index contributed by atoms with van der Waals surface area (Å²) in [5.41, 5.74) is 4.73. The van der Waals surface area contributed by atoms with E-state index in [0.717, 1.165) is 0 Å². The monoisotopic (exact) mass is 159 g/mol. The van der Waals surface area contributed by atoms with Gasteiger partial charge >= 0.3 is 6.09 Å². The van der Waals surface area contributed by atoms with Crippen molar-refractivity contribution in [1.82, 2.24) is 0 Å². The van der Waals surface area contributed by atoms with Crippen molar-refractivity contribution in [2.24, 2.45) is 5.73 Å². The molecule has 0 aromatic carbocycles. The molecule has 0 aliphatic heterocycles. The molecule has 4 heteroatoms. The number of hydrogen-bond acceptors (Lipinski definition) is 3. The van der Waals surface area contributed by atoms with Crippen molar-refractivity contribution in [3.05, 3.63) is 12.7 Å². The maximum absolute atomic E-state index is 10.2. The highest BCUT2D eigenvalue weighted by Crippen LogP contribution is 2.02. The normalized spacial score (nSPS) is 15.1. The van der Waals surface area contributed by atoms with Crippen LogP contribution in [0.3, 0.4) is 0 Å². The third-order valence-corrected chi connectivity index (χ3v) is 1.25. The molecule has 64 valence electrons. The first kappa shape index (κ1) is 9.97. The highest BCUT2D eigenvalue weighted by Gasteiger charge is 2.14. The van der Waals surface area contributed by atoms with Crippen LogP contribution in [0.4, 0.5) is 4.79 Å². The van der Waals surface area contributed by atoms with Gasteiger partial charge in [0.15, 0.2) is 0 Å². The van der Waals surface area contributed by atoms with Gasteiger partial charge in [0.1, 0.15) is 6.10 Å². The van der Waals surface area contributed by atoms with E-state index in [1.807, 2.05) is 0 Å². The summed E-state index contributed by atoms with van der Waals surface area (Å²) in [5, 5.41) is 9.16. The average Bonchev–Trinajstić information content (AvgIpc) is 1.86. The molecule has 0 heterocycles. The molecule has 0 rings (SSSR count). The highest BCUT2D eigenvalue weighted by atomic mass is 16.6. The van der Waals surface area contributed by atoms with Crippen molar-refractivity contribution in [1.29, 1.82) is 0 Å². The van der Waals surface area contributed by atoms with Crippen LogP contribution < -0.4 is 5.73 Å². The van der Waals surface area contributed by atoms with Crippen molar-refractivity contribution >= 4 is 6.09 Å². The first-order chi connectivity index (χ1) is 5.07. The number of aliphatic hydroxyl groups is 1. The third-order valence-electron chi connectivity index (χ3n) is 1.25. The van der Waals surface area contributed by atoms with E-state index in [-0.39, 0.29) is 0 Å². The number of nitrogens with two attached hydrogens (primary N) is 1. The second kappa shape index (κ2) is 4.73. The summed E-state index contributed by atoms with van der Waals surface area (Å²) in [6, 6.07) is 0. The molecule has 0 aromatic rings. The third kappa shape index (κ3) is 4.38. The van der Waals surface area contributed by atoms with Crippen molar-refractivity contribution in [2.75, 3.05) is 0 Å². The summed E-state index contributed by atoms with van der Waals surface area (Å²) < 4.78 is 4.51. The van der Waals surface area contributed by atoms with Crippen LogP contribution in [0.1, 0.15) is 13.3 Å². The summed E-state index contributed by atoms with van der Waals surface area (Å²) in [5.74, 6) is 0. The number of rotatable bonds is 4. The smallest absolute Gasteiger partial charge is 0.404 e. The Hall–Kier alpha value is -1.03. The molecule has 0 aromatic heterocycles. The van der Waals surface area contributed by atoms with E-state index in [4.69, 9.17) is 10.8 Å². The molecule has 4 nitrogen and oxygen atoms in total. The number of hydrogen-bond donors (Lipinski definition) is 2. The molecule has 0 radical (unpaired) electrons. The number of ether oxygens (including phenoxy) is 1. The zero-order chi connectivity index (χ0) is 8.85. The zero-order valence-corrected chi connectivity index (χ0v) is 6.49. The molecular weight excluding hydrogens is 146 g/mol. The fourth-order valence-corrected chi connectivity index (χ4v) is 0.624. The Morgan fingerprint density at radius 1 is 1.91 bits per heavy atom. The predicted octanol–water partition coefficient (Wildman–Crippen LogP) is 0.407. The van der Waals surface area contributed by atoms with E-state index < -0.39 is 18.3 Å². The van der Waals surface area contributed by atoms with Crippen LogP contribution in [0.2, 0.25) is 0 Å². The van der Waals surface area contributed by atoms with E-state index in [2.05, 4.69) is 11.3 Å². The van der Waals surface area contributed by atoms with Gasteiger partial charge in [0.25, 0.3) is 0 Å². The summed E-state index contributed by atoms with van der Waals surface area (Å²) in [6.45, 7) is 5.00. The van der Waals surface area contributed by atoms with Crippen molar-refractivity contribution in [3.63, 3.8) is 0 Å². The van der Waals surface area contributed by atoms with E-state index >= 15 is 0 Å². The quantitative estimate of drug-likeness (QED) is 0.583. The van der Waals surface area contributed by atoms with Gasteiger partial charge in [-0.05, 0) is 13.3 Å². The largest absolute Gasteiger partial charge is 0.444 e. The topological polar surface area (TPSA) is 72.6 Å². The molecule has 0 saturated heterocycles. The second-order valence-electron chi connectivity index (χ2n) is 2.23. The SMILES string of the molecule is C=CCC(O)[C@H](C)OC(N)=O. The van der Waals surface area contributed by atoms with Crippen LogP contribution in [-0.4, -0.2) is 23.4 Å². The van der Waals surface area contributed by atoms with Crippen LogP contribution in [-0.2, 0) is 4.74 Å². The van der Waals surface area contributed by atoms with Crippen molar-refractivity contribution in [2.45, 2.75) is 25.6 Å². The Labute approximate surface area is 65.6 Å². The van der Waals surface area contributed by atoms with Crippen LogP contribution in [0.5, 0.6) is 0 Å². The highest BCUT2D eigenvalue weighted by molar-refractivity contribution is 5.64. The maximum Gasteiger partial charge on any atom is 0.404 e. The lowest BCUT2D eigenvalue weighted by Crippen LogP contribution is -2.30. The molecule has 0 aliphatic carbocycles. The van der Waals surface area contributed by atoms with Gasteiger partial charge in [0, 0.05) is 0 Å². The average molecular weight is 159 g/mol. The van der Waals surface area contributed by atoms with Crippen molar-refractivity contribution < 1.29 is 14.6 Å². The van der Waals surface area contributed by atoms with Gasteiger partial charge < -0.3 is 15.6 Å². The fraction of sp³-hybridized carbons (Fsp3) is 0.571. The van der Waals surface area contributed by atoms with Gasteiger partial charge in [-0.3, -0.25) is 0 Å². The second-order valence-corrected chi connectivity index (χ2v) is 2.23. The summed E-state index contributed by atoms with van der Waals surface area (Å²) >= 11 is 0. The number of carbonyl (C=O) groups excluding carboxylic acids is 1. The summed E-state index contributed by atoms with van der Waals surface area (Å²) in [6.07, 6.45) is -0.244. The molecule has 1 amide bonds. The van der Waals surface area contributed by atoms with E-state index in [0.29, 0.717) is 6.42 Å². The van der Waals surface area contributed by atoms with Gasteiger partial charge in [-0.2, -0.15) is 0 Å². The Morgan fingerprint density at radius 3 is 2.82 bits per heavy atom. The number of carbonyl (C=O) groups is 1. The van der Waals surface area contributed by atoms with Gasteiger partial charge in [-0.15, -0.1) is 6.58 Å². The first-order valence-electron chi connectivity index (χ1n) is 3.33. The van der Waals surface area contributed by atoms with Gasteiger partial charge in [-0.1, -0.05) is 6.08 Å². The molecule has 2 atom stereocenters. The summed E-state index contributed by atoms with van der Waals surface area (Å²) in [7, 11) is 0. The van der Waals surface area contributed by atoms with Gasteiger partial charge in [0.2, 0.25) is 0 Å². The van der Waals surface area contributed by atoms with E-state index in [9.17, 15) is 4.79 Å². The fourth-order valence-electron chi connectivity index (χ4n) is 0.624. The van der Waals surface area contributed by atoms with Crippen LogP contribution in [0.25, 0.3) is 0 Å². The number of amides is 1. The Kier molecular flexibility index (Phi) is 4.29. The molecule has 0 aliphatic rings. The Morgan fingerprint density at radius 2 is 2.45 bits per heavy atom. The zero-order valence-electron chi connectivity index (χ0n) is 6.49. The minimum atomic E-state index is -0.874. The minimum absolute atomic E-state index is 0.383. The lowest BCUT2D eigenvalue weighted by Gasteiger charge is -2.16. The maximum atomic E-state index is 10.2. The van der Waals surface area contributed by atoms with E-state index in [1.54, 1.807) is 13.0 Å². The Balaban J connectivity index is 3.71. The molecule has 0 saturated carbocycles. The molecule has 0 bridgehead atoms. The molecule has 0 fully saturated rings. The first-order valence-corrected chi connectivity index (χ1v) is 3.33. The summed E-state index contributed by atoms with van der Waals surface area (Å²) in [4.78, 5) is 10.2. The molecule has 11 heavy (non-hydrogen) atoms. The standard InChI is InChI=1S/C7H13NO3/c1-3-4-6(9)5(2)11-7(8)10/h3,5-6,9H,1,4H2,2H3,(H2,8,10)/t5-,6?/m0/s1. The van der Waals surface area contributed by atoms with Gasteiger partial charge in [-0.25, -0.2) is 4.79 Å². The number of primary amides is 1. The lowest BCUT2D eigenvalue weighted by molar-refractivity contribution is 0.0186. The van der Waals surface area contributed by atoms with E-state index in [1.165, 1.54) is 0 Å². The number of aliphatic hydroxyl groups excluding tert-OH is 1. The molecule has 1 unspecified atom stereocenters. The molecule has 0 spiro atoms. The predicted molar refractivity (Wildman–Crippen MR) is 41.0 cm³/mol. The Bertz CT molecular complexity index is 147. The van der Waals surface area contributed by atoms with Crippen molar-refractivity contribution in [3.8, 4) is 0 Å². The van der Waals surface area contributed by atoms with Crippen LogP contribution in [0, 0.1) is 0 Å². The lowest BCUT2D eigenvalue weighted by atomic mass is 10.1. The van der Waals surface area contributed by atoms with Crippen LogP contribution in [0.15, 0.2) is 12.7 Å². The molecular formula is C7H13NO3. The molecule has 3 N–H and O–H groups in total.